The van der Waals surface area contributed by atoms with Crippen molar-refractivity contribution in [1.29, 1.82) is 0 Å². The number of aliphatic carboxylic acids is 2. The molecule has 0 saturated heterocycles. The van der Waals surface area contributed by atoms with E-state index in [4.69, 9.17) is 10.2 Å². The summed E-state index contributed by atoms with van der Waals surface area (Å²) in [4.78, 5) is 20.2. The molecule has 2 N–H and O–H groups in total. The molecule has 80 valence electrons. The van der Waals surface area contributed by atoms with Crippen molar-refractivity contribution in [2.75, 3.05) is 7.11 Å². The quantitative estimate of drug-likeness (QED) is 0.736. The zero-order valence-corrected chi connectivity index (χ0v) is 8.56. The van der Waals surface area contributed by atoms with E-state index in [-0.39, 0.29) is 37.7 Å². The van der Waals surface area contributed by atoms with Crippen LogP contribution in [0.15, 0.2) is 0 Å². The van der Waals surface area contributed by atoms with Crippen LogP contribution in [0, 0.1) is 0 Å². The highest BCUT2D eigenvalue weighted by Crippen LogP contribution is 2.02. The van der Waals surface area contributed by atoms with Gasteiger partial charge >= 0.3 is 11.9 Å². The molecule has 0 atom stereocenters. The molecule has 0 aromatic carbocycles. The molecule has 0 heterocycles. The van der Waals surface area contributed by atoms with Crippen molar-refractivity contribution in [3.05, 3.63) is 0 Å². The van der Waals surface area contributed by atoms with Crippen LogP contribution in [0.4, 0.5) is 0 Å². The minimum absolute atomic E-state index is 0. The Labute approximate surface area is 87.9 Å². The third-order valence-corrected chi connectivity index (χ3v) is 1.14. The maximum atomic E-state index is 10.1. The van der Waals surface area contributed by atoms with Crippen molar-refractivity contribution in [3.63, 3.8) is 0 Å². The summed E-state index contributed by atoms with van der Waals surface area (Å²) in [5.74, 6) is -2.11. The van der Waals surface area contributed by atoms with Crippen LogP contribution in [0.25, 0.3) is 0 Å². The molecule has 0 amide bonds. The van der Waals surface area contributed by atoms with Gasteiger partial charge in [-0.1, -0.05) is 0 Å². The van der Waals surface area contributed by atoms with Gasteiger partial charge in [-0.15, -0.1) is 24.8 Å². The lowest BCUT2D eigenvalue weighted by molar-refractivity contribution is -0.143. The summed E-state index contributed by atoms with van der Waals surface area (Å²) in [5, 5.41) is 16.5. The SMILES string of the molecule is COC(CC(=O)O)CC(=O)O.Cl.Cl. The first kappa shape index (κ1) is 18.3. The van der Waals surface area contributed by atoms with Gasteiger partial charge in [-0.25, -0.2) is 0 Å². The summed E-state index contributed by atoms with van der Waals surface area (Å²) < 4.78 is 4.61. The standard InChI is InChI=1S/C6H10O5.2ClH/c1-11-4(2-5(7)8)3-6(9)10;;/h4H,2-3H2,1H3,(H,7,8)(H,9,10);2*1H. The molecule has 0 aliphatic carbocycles. The van der Waals surface area contributed by atoms with Crippen molar-refractivity contribution < 1.29 is 24.5 Å². The molecule has 0 aliphatic rings. The van der Waals surface area contributed by atoms with Crippen LogP contribution in [0.3, 0.4) is 0 Å². The first-order valence-corrected chi connectivity index (χ1v) is 3.02. The molecule has 13 heavy (non-hydrogen) atoms. The monoisotopic (exact) mass is 234 g/mol. The van der Waals surface area contributed by atoms with Gasteiger partial charge in [-0.3, -0.25) is 9.59 Å². The molecule has 0 spiro atoms. The van der Waals surface area contributed by atoms with E-state index in [0.29, 0.717) is 0 Å². The van der Waals surface area contributed by atoms with Crippen molar-refractivity contribution in [2.24, 2.45) is 0 Å². The Hall–Kier alpha value is -0.520. The van der Waals surface area contributed by atoms with Gasteiger partial charge in [-0.2, -0.15) is 0 Å². The topological polar surface area (TPSA) is 83.8 Å². The molecule has 0 aromatic heterocycles. The van der Waals surface area contributed by atoms with Gasteiger partial charge in [0.25, 0.3) is 0 Å². The number of carboxylic acid groups (broad SMARTS) is 2. The Kier molecular flexibility index (Phi) is 13.5. The van der Waals surface area contributed by atoms with Gasteiger partial charge in [0.05, 0.1) is 18.9 Å². The number of ether oxygens (including phenoxy) is 1. The van der Waals surface area contributed by atoms with E-state index >= 15 is 0 Å². The predicted molar refractivity (Wildman–Crippen MR) is 49.8 cm³/mol. The van der Waals surface area contributed by atoms with E-state index in [0.717, 1.165) is 0 Å². The Balaban J connectivity index is -0.000000500. The van der Waals surface area contributed by atoms with Crippen LogP contribution in [0.1, 0.15) is 12.8 Å². The maximum Gasteiger partial charge on any atom is 0.305 e. The number of methoxy groups -OCH3 is 1. The molecular formula is C6H12Cl2O5. The van der Waals surface area contributed by atoms with E-state index in [9.17, 15) is 9.59 Å². The summed E-state index contributed by atoms with van der Waals surface area (Å²) in [5.41, 5.74) is 0. The van der Waals surface area contributed by atoms with Gasteiger partial charge in [0.1, 0.15) is 0 Å². The first-order chi connectivity index (χ1) is 5.06. The summed E-state index contributed by atoms with van der Waals surface area (Å²) >= 11 is 0. The van der Waals surface area contributed by atoms with Crippen molar-refractivity contribution in [1.82, 2.24) is 0 Å². The number of carboxylic acids is 2. The number of halogens is 2. The van der Waals surface area contributed by atoms with E-state index in [1.165, 1.54) is 7.11 Å². The van der Waals surface area contributed by atoms with Gasteiger partial charge < -0.3 is 14.9 Å². The highest BCUT2D eigenvalue weighted by atomic mass is 35.5. The highest BCUT2D eigenvalue weighted by Gasteiger charge is 2.15. The third kappa shape index (κ3) is 11.5. The molecule has 0 saturated carbocycles. The first-order valence-electron chi connectivity index (χ1n) is 3.02. The fourth-order valence-electron chi connectivity index (χ4n) is 0.628. The number of carbonyl (C=O) groups is 2. The van der Waals surface area contributed by atoms with Crippen LogP contribution < -0.4 is 0 Å². The minimum atomic E-state index is -1.06. The van der Waals surface area contributed by atoms with E-state index < -0.39 is 18.0 Å². The van der Waals surface area contributed by atoms with Crippen molar-refractivity contribution >= 4 is 36.8 Å². The van der Waals surface area contributed by atoms with Crippen molar-refractivity contribution in [3.8, 4) is 0 Å². The summed E-state index contributed by atoms with van der Waals surface area (Å²) in [6.07, 6.45) is -1.28. The molecule has 0 unspecified atom stereocenters. The highest BCUT2D eigenvalue weighted by molar-refractivity contribution is 5.85. The third-order valence-electron chi connectivity index (χ3n) is 1.14. The lowest BCUT2D eigenvalue weighted by atomic mass is 10.2. The second-order valence-electron chi connectivity index (χ2n) is 2.05. The zero-order valence-electron chi connectivity index (χ0n) is 6.93. The normalized spacial score (nSPS) is 8.46. The second kappa shape index (κ2) is 9.57. The molecule has 0 bridgehead atoms. The number of hydrogen-bond donors (Lipinski definition) is 2. The summed E-state index contributed by atoms with van der Waals surface area (Å²) in [6, 6.07) is 0. The maximum absolute atomic E-state index is 10.1. The number of rotatable bonds is 5. The minimum Gasteiger partial charge on any atom is -0.481 e. The van der Waals surface area contributed by atoms with E-state index in [2.05, 4.69) is 4.74 Å². The van der Waals surface area contributed by atoms with Gasteiger partial charge in [0.15, 0.2) is 0 Å². The Bertz CT molecular complexity index is 145. The molecule has 0 radical (unpaired) electrons. The van der Waals surface area contributed by atoms with Crippen LogP contribution in [0.2, 0.25) is 0 Å². The lowest BCUT2D eigenvalue weighted by Crippen LogP contribution is -2.19. The molecule has 0 rings (SSSR count). The fourth-order valence-corrected chi connectivity index (χ4v) is 0.628. The smallest absolute Gasteiger partial charge is 0.305 e. The summed E-state index contributed by atoms with van der Waals surface area (Å²) in [7, 11) is 1.29. The molecular weight excluding hydrogens is 223 g/mol. The molecule has 0 aromatic rings. The average molecular weight is 235 g/mol. The summed E-state index contributed by atoms with van der Waals surface area (Å²) in [6.45, 7) is 0. The molecule has 0 fully saturated rings. The lowest BCUT2D eigenvalue weighted by Gasteiger charge is -2.08. The van der Waals surface area contributed by atoms with Crippen LogP contribution in [-0.2, 0) is 14.3 Å². The molecule has 5 nitrogen and oxygen atoms in total. The Morgan fingerprint density at radius 1 is 1.15 bits per heavy atom. The van der Waals surface area contributed by atoms with Gasteiger partial charge in [0.2, 0.25) is 0 Å². The van der Waals surface area contributed by atoms with Crippen LogP contribution >= 0.6 is 24.8 Å². The van der Waals surface area contributed by atoms with Gasteiger partial charge in [-0.05, 0) is 0 Å². The average Bonchev–Trinajstić information content (AvgIpc) is 1.84. The van der Waals surface area contributed by atoms with E-state index in [1.54, 1.807) is 0 Å². The fraction of sp³-hybridized carbons (Fsp3) is 0.667. The second-order valence-corrected chi connectivity index (χ2v) is 2.05. The van der Waals surface area contributed by atoms with Gasteiger partial charge in [0, 0.05) is 7.11 Å². The van der Waals surface area contributed by atoms with Crippen molar-refractivity contribution in [2.45, 2.75) is 18.9 Å². The van der Waals surface area contributed by atoms with Crippen LogP contribution in [-0.4, -0.2) is 35.4 Å². The molecule has 0 aliphatic heterocycles. The molecule has 7 heteroatoms. The predicted octanol–water partition coefficient (Wildman–Crippen LogP) is 0.794. The number of hydrogen-bond acceptors (Lipinski definition) is 3. The van der Waals surface area contributed by atoms with E-state index in [1.807, 2.05) is 0 Å². The van der Waals surface area contributed by atoms with Crippen LogP contribution in [0.5, 0.6) is 0 Å². The zero-order chi connectivity index (χ0) is 8.85. The Morgan fingerprint density at radius 2 is 1.46 bits per heavy atom. The Morgan fingerprint density at radius 3 is 1.62 bits per heavy atom. The largest absolute Gasteiger partial charge is 0.481 e.